The number of benzene rings is 3. The summed E-state index contributed by atoms with van der Waals surface area (Å²) in [6.45, 7) is 2.04. The van der Waals surface area contributed by atoms with E-state index in [2.05, 4.69) is 15.5 Å². The number of pyridine rings is 2. The molecule has 0 aliphatic rings. The number of carbonyl (C=O) groups excluding carboxylic acids is 1. The minimum Gasteiger partial charge on any atom is -0.267 e. The van der Waals surface area contributed by atoms with E-state index in [1.54, 1.807) is 6.20 Å². The highest BCUT2D eigenvalue weighted by molar-refractivity contribution is 6.13. The first-order valence-electron chi connectivity index (χ1n) is 11.0. The van der Waals surface area contributed by atoms with Crippen molar-refractivity contribution in [1.82, 2.24) is 15.4 Å². The SMILES string of the molecule is Cc1ccc(-c2cc(C(=O)N/N=C(/c3ccccc3)c3ccccn3)c3ccccc3n2)cc1. The van der Waals surface area contributed by atoms with Crippen molar-refractivity contribution in [2.45, 2.75) is 6.92 Å². The van der Waals surface area contributed by atoms with Gasteiger partial charge in [0.25, 0.3) is 5.91 Å². The highest BCUT2D eigenvalue weighted by Crippen LogP contribution is 2.25. The summed E-state index contributed by atoms with van der Waals surface area (Å²) in [6.07, 6.45) is 1.71. The normalized spacial score (nSPS) is 11.4. The van der Waals surface area contributed by atoms with Crippen LogP contribution < -0.4 is 5.43 Å². The summed E-state index contributed by atoms with van der Waals surface area (Å²) in [7, 11) is 0. The third kappa shape index (κ3) is 4.45. The molecule has 0 aliphatic heterocycles. The van der Waals surface area contributed by atoms with Gasteiger partial charge in [0.05, 0.1) is 22.5 Å². The number of fused-ring (bicyclic) bond motifs is 1. The fourth-order valence-corrected chi connectivity index (χ4v) is 3.77. The molecule has 5 heteroatoms. The van der Waals surface area contributed by atoms with Crippen molar-refractivity contribution in [3.05, 3.63) is 132 Å². The number of para-hydroxylation sites is 1. The minimum absolute atomic E-state index is 0.309. The number of hydrogen-bond donors (Lipinski definition) is 1. The molecule has 34 heavy (non-hydrogen) atoms. The number of aromatic nitrogens is 2. The van der Waals surface area contributed by atoms with Crippen LogP contribution in [0.4, 0.5) is 0 Å². The lowest BCUT2D eigenvalue weighted by Crippen LogP contribution is -2.21. The Balaban J connectivity index is 1.56. The van der Waals surface area contributed by atoms with Crippen molar-refractivity contribution in [2.24, 2.45) is 5.10 Å². The molecule has 0 fully saturated rings. The molecule has 5 rings (SSSR count). The second-order valence-electron chi connectivity index (χ2n) is 7.92. The van der Waals surface area contributed by atoms with Gasteiger partial charge in [-0.15, -0.1) is 0 Å². The summed E-state index contributed by atoms with van der Waals surface area (Å²) >= 11 is 0. The van der Waals surface area contributed by atoms with Crippen LogP contribution in [-0.2, 0) is 0 Å². The molecule has 0 radical (unpaired) electrons. The van der Waals surface area contributed by atoms with Crippen LogP contribution in [0.2, 0.25) is 0 Å². The first kappa shape index (κ1) is 21.2. The van der Waals surface area contributed by atoms with Gasteiger partial charge in [-0.2, -0.15) is 5.10 Å². The minimum atomic E-state index is -0.309. The van der Waals surface area contributed by atoms with Crippen LogP contribution in [0.15, 0.2) is 114 Å². The Labute approximate surface area is 197 Å². The summed E-state index contributed by atoms with van der Waals surface area (Å²) in [4.78, 5) is 22.6. The molecule has 2 aromatic heterocycles. The quantitative estimate of drug-likeness (QED) is 0.277. The molecule has 2 heterocycles. The van der Waals surface area contributed by atoms with E-state index in [0.717, 1.165) is 27.7 Å². The number of amides is 1. The van der Waals surface area contributed by atoms with Gasteiger partial charge in [-0.3, -0.25) is 9.78 Å². The van der Waals surface area contributed by atoms with Crippen molar-refractivity contribution in [3.8, 4) is 11.3 Å². The number of nitrogens with one attached hydrogen (secondary N) is 1. The van der Waals surface area contributed by atoms with Crippen molar-refractivity contribution in [1.29, 1.82) is 0 Å². The topological polar surface area (TPSA) is 67.2 Å². The van der Waals surface area contributed by atoms with Crippen molar-refractivity contribution < 1.29 is 4.79 Å². The highest BCUT2D eigenvalue weighted by atomic mass is 16.2. The molecule has 0 saturated heterocycles. The van der Waals surface area contributed by atoms with Crippen molar-refractivity contribution in [3.63, 3.8) is 0 Å². The lowest BCUT2D eigenvalue weighted by atomic mass is 10.0. The lowest BCUT2D eigenvalue weighted by Gasteiger charge is -2.10. The third-order valence-corrected chi connectivity index (χ3v) is 5.53. The molecule has 0 atom stereocenters. The van der Waals surface area contributed by atoms with Crippen LogP contribution >= 0.6 is 0 Å². The van der Waals surface area contributed by atoms with Crippen molar-refractivity contribution >= 4 is 22.5 Å². The maximum atomic E-state index is 13.4. The zero-order valence-corrected chi connectivity index (χ0v) is 18.6. The molecule has 0 aliphatic carbocycles. The molecule has 1 amide bonds. The molecule has 0 spiro atoms. The van der Waals surface area contributed by atoms with Crippen LogP contribution in [0, 0.1) is 6.92 Å². The van der Waals surface area contributed by atoms with Gasteiger partial charge in [-0.1, -0.05) is 84.4 Å². The van der Waals surface area contributed by atoms with Gasteiger partial charge < -0.3 is 0 Å². The molecule has 5 aromatic rings. The van der Waals surface area contributed by atoms with Gasteiger partial charge in [0.15, 0.2) is 0 Å². The maximum absolute atomic E-state index is 13.4. The maximum Gasteiger partial charge on any atom is 0.272 e. The number of rotatable bonds is 5. The molecule has 5 nitrogen and oxygen atoms in total. The summed E-state index contributed by atoms with van der Waals surface area (Å²) in [5.41, 5.74) is 9.00. The van der Waals surface area contributed by atoms with Crippen LogP contribution in [0.25, 0.3) is 22.2 Å². The van der Waals surface area contributed by atoms with E-state index in [-0.39, 0.29) is 5.91 Å². The number of carbonyl (C=O) groups is 1. The van der Waals surface area contributed by atoms with Crippen LogP contribution in [0.5, 0.6) is 0 Å². The van der Waals surface area contributed by atoms with E-state index in [1.807, 2.05) is 110 Å². The predicted octanol–water partition coefficient (Wildman–Crippen LogP) is 5.79. The third-order valence-electron chi connectivity index (χ3n) is 5.53. The number of aryl methyl sites for hydroxylation is 1. The Kier molecular flexibility index (Phi) is 5.91. The summed E-state index contributed by atoms with van der Waals surface area (Å²) in [5.74, 6) is -0.309. The largest absolute Gasteiger partial charge is 0.272 e. The Morgan fingerprint density at radius 1 is 0.824 bits per heavy atom. The van der Waals surface area contributed by atoms with Gasteiger partial charge in [-0.05, 0) is 31.2 Å². The zero-order valence-electron chi connectivity index (χ0n) is 18.6. The molecule has 0 unspecified atom stereocenters. The van der Waals surface area contributed by atoms with Crippen molar-refractivity contribution in [2.75, 3.05) is 0 Å². The molecule has 164 valence electrons. The Bertz CT molecular complexity index is 1440. The average molecular weight is 443 g/mol. The van der Waals surface area contributed by atoms with E-state index >= 15 is 0 Å². The monoisotopic (exact) mass is 442 g/mol. The van der Waals surface area contributed by atoms with E-state index in [4.69, 9.17) is 4.98 Å². The van der Waals surface area contributed by atoms with Crippen LogP contribution in [0.3, 0.4) is 0 Å². The molecule has 3 aromatic carbocycles. The Hall–Kier alpha value is -4.64. The lowest BCUT2D eigenvalue weighted by molar-refractivity contribution is 0.0956. The first-order chi connectivity index (χ1) is 16.7. The fraction of sp³-hybridized carbons (Fsp3) is 0.0345. The first-order valence-corrected chi connectivity index (χ1v) is 11.0. The van der Waals surface area contributed by atoms with Crippen LogP contribution in [0.1, 0.15) is 27.2 Å². The number of hydrazone groups is 1. The van der Waals surface area contributed by atoms with E-state index in [0.29, 0.717) is 17.0 Å². The number of nitrogens with zero attached hydrogens (tertiary/aromatic N) is 3. The van der Waals surface area contributed by atoms with Crippen LogP contribution in [-0.4, -0.2) is 21.6 Å². The van der Waals surface area contributed by atoms with Gasteiger partial charge in [0.1, 0.15) is 5.71 Å². The van der Waals surface area contributed by atoms with Gasteiger partial charge in [-0.25, -0.2) is 10.4 Å². The second-order valence-corrected chi connectivity index (χ2v) is 7.92. The molecular formula is C29H22N4O. The second kappa shape index (κ2) is 9.46. The van der Waals surface area contributed by atoms with E-state index in [9.17, 15) is 4.79 Å². The average Bonchev–Trinajstić information content (AvgIpc) is 2.90. The zero-order chi connectivity index (χ0) is 23.3. The molecule has 1 N–H and O–H groups in total. The number of hydrogen-bond acceptors (Lipinski definition) is 4. The van der Waals surface area contributed by atoms with E-state index < -0.39 is 0 Å². The Morgan fingerprint density at radius 3 is 2.32 bits per heavy atom. The Morgan fingerprint density at radius 2 is 1.56 bits per heavy atom. The fourth-order valence-electron chi connectivity index (χ4n) is 3.77. The molecular weight excluding hydrogens is 420 g/mol. The summed E-state index contributed by atoms with van der Waals surface area (Å²) in [6, 6.07) is 32.9. The van der Waals surface area contributed by atoms with E-state index in [1.165, 1.54) is 5.56 Å². The standard InChI is InChI=1S/C29H22N4O/c1-20-14-16-21(17-15-20)27-19-24(23-11-5-6-12-25(23)31-27)29(34)33-32-28(22-9-3-2-4-10-22)26-13-7-8-18-30-26/h2-19H,1H3,(H,33,34)/b32-28-. The molecule has 0 bridgehead atoms. The van der Waals surface area contributed by atoms with Gasteiger partial charge in [0, 0.05) is 22.7 Å². The summed E-state index contributed by atoms with van der Waals surface area (Å²) in [5, 5.41) is 5.26. The summed E-state index contributed by atoms with van der Waals surface area (Å²) < 4.78 is 0. The van der Waals surface area contributed by atoms with Gasteiger partial charge >= 0.3 is 0 Å². The highest BCUT2D eigenvalue weighted by Gasteiger charge is 2.15. The van der Waals surface area contributed by atoms with Gasteiger partial charge in [0.2, 0.25) is 0 Å². The predicted molar refractivity (Wildman–Crippen MR) is 136 cm³/mol. The smallest absolute Gasteiger partial charge is 0.267 e. The molecule has 0 saturated carbocycles.